The van der Waals surface area contributed by atoms with Gasteiger partial charge in [-0.25, -0.2) is 4.79 Å². The molecule has 1 aliphatic heterocycles. The van der Waals surface area contributed by atoms with E-state index in [-0.39, 0.29) is 51.6 Å². The molecule has 2 amide bonds. The van der Waals surface area contributed by atoms with Crippen molar-refractivity contribution in [3.8, 4) is 11.3 Å². The summed E-state index contributed by atoms with van der Waals surface area (Å²) in [6.45, 7) is 1.000. The Morgan fingerprint density at radius 2 is 2.00 bits per heavy atom. The van der Waals surface area contributed by atoms with Crippen molar-refractivity contribution in [1.82, 2.24) is 10.1 Å². The molecule has 1 saturated heterocycles. The summed E-state index contributed by atoms with van der Waals surface area (Å²) in [7, 11) is 2.72. The summed E-state index contributed by atoms with van der Waals surface area (Å²) in [4.78, 5) is 38.7. The Hall–Kier alpha value is -2.62. The first kappa shape index (κ1) is 22.1. The van der Waals surface area contributed by atoms with Gasteiger partial charge in [0.05, 0.1) is 29.7 Å². The number of benzene rings is 1. The van der Waals surface area contributed by atoms with Gasteiger partial charge in [0.15, 0.2) is 5.56 Å². The van der Waals surface area contributed by atoms with Crippen molar-refractivity contribution in [2.75, 3.05) is 39.2 Å². The minimum atomic E-state index is -0.790. The second kappa shape index (κ2) is 9.46. The van der Waals surface area contributed by atoms with E-state index in [9.17, 15) is 14.4 Å². The Balaban J connectivity index is 1.87. The fraction of sp³-hybridized carbons (Fsp3) is 0.368. The van der Waals surface area contributed by atoms with Gasteiger partial charge in [0, 0.05) is 32.2 Å². The summed E-state index contributed by atoms with van der Waals surface area (Å²) in [6, 6.07) is 4.80. The van der Waals surface area contributed by atoms with Crippen LogP contribution in [0.5, 0.6) is 0 Å². The molecule has 1 aromatic heterocycles. The van der Waals surface area contributed by atoms with E-state index in [1.54, 1.807) is 23.1 Å². The standard InChI is InChI=1S/C19H19Cl2N3O6/c1-28-7-6-24-9-10(8-13(24)25)17(26)22-18-15(19(27)29-2)16(23-30-18)14-11(20)4-3-5-12(14)21/h3-5,10H,6-9H2,1-2H3,(H,22,26). The number of ether oxygens (including phenoxy) is 2. The second-order valence-corrected chi connectivity index (χ2v) is 7.36. The number of hydrogen-bond acceptors (Lipinski definition) is 7. The molecule has 1 fully saturated rings. The van der Waals surface area contributed by atoms with Crippen LogP contribution in [0.4, 0.5) is 5.88 Å². The highest BCUT2D eigenvalue weighted by atomic mass is 35.5. The minimum Gasteiger partial charge on any atom is -0.465 e. The van der Waals surface area contributed by atoms with Gasteiger partial charge >= 0.3 is 5.97 Å². The Morgan fingerprint density at radius 1 is 1.30 bits per heavy atom. The van der Waals surface area contributed by atoms with E-state index in [0.717, 1.165) is 0 Å². The predicted octanol–water partition coefficient (Wildman–Crippen LogP) is 2.87. The highest BCUT2D eigenvalue weighted by Crippen LogP contribution is 2.38. The van der Waals surface area contributed by atoms with Gasteiger partial charge in [-0.2, -0.15) is 0 Å². The lowest BCUT2D eigenvalue weighted by molar-refractivity contribution is -0.128. The molecule has 160 valence electrons. The number of aromatic nitrogens is 1. The van der Waals surface area contributed by atoms with Gasteiger partial charge in [-0.3, -0.25) is 14.9 Å². The van der Waals surface area contributed by atoms with Crippen LogP contribution in [0, 0.1) is 5.92 Å². The number of carbonyl (C=O) groups excluding carboxylic acids is 3. The van der Waals surface area contributed by atoms with E-state index in [1.165, 1.54) is 14.2 Å². The van der Waals surface area contributed by atoms with Crippen LogP contribution in [0.25, 0.3) is 11.3 Å². The van der Waals surface area contributed by atoms with Gasteiger partial charge in [-0.1, -0.05) is 34.4 Å². The predicted molar refractivity (Wildman–Crippen MR) is 108 cm³/mol. The first-order chi connectivity index (χ1) is 14.4. The van der Waals surface area contributed by atoms with Crippen molar-refractivity contribution in [2.45, 2.75) is 6.42 Å². The molecule has 2 aromatic rings. The highest BCUT2D eigenvalue weighted by molar-refractivity contribution is 6.39. The average Bonchev–Trinajstić information content (AvgIpc) is 3.29. The van der Waals surface area contributed by atoms with Crippen LogP contribution >= 0.6 is 23.2 Å². The molecule has 0 saturated carbocycles. The molecule has 1 aliphatic rings. The van der Waals surface area contributed by atoms with Crippen molar-refractivity contribution >= 4 is 46.9 Å². The monoisotopic (exact) mass is 455 g/mol. The Labute approximate surface area is 182 Å². The van der Waals surface area contributed by atoms with Crippen molar-refractivity contribution in [1.29, 1.82) is 0 Å². The number of hydrogen-bond donors (Lipinski definition) is 1. The fourth-order valence-corrected chi connectivity index (χ4v) is 3.72. The number of nitrogens with zero attached hydrogens (tertiary/aromatic N) is 2. The second-order valence-electron chi connectivity index (χ2n) is 6.55. The Bertz CT molecular complexity index is 957. The van der Waals surface area contributed by atoms with E-state index >= 15 is 0 Å². The normalized spacial score (nSPS) is 16.1. The van der Waals surface area contributed by atoms with Crippen molar-refractivity contribution in [2.24, 2.45) is 5.92 Å². The summed E-state index contributed by atoms with van der Waals surface area (Å²) in [5, 5.41) is 6.89. The third kappa shape index (κ3) is 4.43. The van der Waals surface area contributed by atoms with Gasteiger partial charge in [0.2, 0.25) is 17.7 Å². The number of amides is 2. The maximum atomic E-state index is 12.7. The molecule has 1 N–H and O–H groups in total. The molecule has 9 nitrogen and oxygen atoms in total. The zero-order valence-electron chi connectivity index (χ0n) is 16.2. The van der Waals surface area contributed by atoms with E-state index in [2.05, 4.69) is 10.5 Å². The van der Waals surface area contributed by atoms with Crippen LogP contribution in [0.15, 0.2) is 22.7 Å². The van der Waals surface area contributed by atoms with Crippen LogP contribution in [-0.2, 0) is 19.1 Å². The molecule has 1 atom stereocenters. The summed E-state index contributed by atoms with van der Waals surface area (Å²) in [5.74, 6) is -2.25. The van der Waals surface area contributed by atoms with Gasteiger partial charge in [0.1, 0.15) is 5.69 Å². The largest absolute Gasteiger partial charge is 0.465 e. The first-order valence-electron chi connectivity index (χ1n) is 8.97. The van der Waals surface area contributed by atoms with E-state index in [0.29, 0.717) is 13.2 Å². The SMILES string of the molecule is COCCN1CC(C(=O)Nc2onc(-c3c(Cl)cccc3Cl)c2C(=O)OC)CC1=O. The number of anilines is 1. The van der Waals surface area contributed by atoms with Crippen LogP contribution < -0.4 is 5.32 Å². The molecule has 1 unspecified atom stereocenters. The van der Waals surface area contributed by atoms with Gasteiger partial charge in [-0.05, 0) is 12.1 Å². The third-order valence-corrected chi connectivity index (χ3v) is 5.30. The number of carbonyl (C=O) groups is 3. The maximum absolute atomic E-state index is 12.7. The lowest BCUT2D eigenvalue weighted by atomic mass is 10.1. The van der Waals surface area contributed by atoms with Crippen molar-refractivity contribution < 1.29 is 28.4 Å². The van der Waals surface area contributed by atoms with Crippen molar-refractivity contribution in [3.05, 3.63) is 33.8 Å². The lowest BCUT2D eigenvalue weighted by Gasteiger charge is -2.15. The molecular formula is C19H19Cl2N3O6. The fourth-order valence-electron chi connectivity index (χ4n) is 3.14. The topological polar surface area (TPSA) is 111 Å². The number of likely N-dealkylation sites (tertiary alicyclic amines) is 1. The van der Waals surface area contributed by atoms with Crippen LogP contribution in [0.1, 0.15) is 16.8 Å². The Morgan fingerprint density at radius 3 is 2.63 bits per heavy atom. The summed E-state index contributed by atoms with van der Waals surface area (Å²) in [6.07, 6.45) is 0.0421. The third-order valence-electron chi connectivity index (χ3n) is 4.67. The molecule has 2 heterocycles. The maximum Gasteiger partial charge on any atom is 0.345 e. The number of methoxy groups -OCH3 is 2. The summed E-state index contributed by atoms with van der Waals surface area (Å²) < 4.78 is 15.0. The van der Waals surface area contributed by atoms with E-state index < -0.39 is 17.8 Å². The number of halogens is 2. The zero-order valence-corrected chi connectivity index (χ0v) is 17.7. The van der Waals surface area contributed by atoms with Gasteiger partial charge in [0.25, 0.3) is 0 Å². The molecule has 0 radical (unpaired) electrons. The van der Waals surface area contributed by atoms with Crippen LogP contribution in [0.2, 0.25) is 10.0 Å². The minimum absolute atomic E-state index is 0.0389. The number of rotatable bonds is 7. The van der Waals surface area contributed by atoms with Gasteiger partial charge in [-0.15, -0.1) is 0 Å². The highest BCUT2D eigenvalue weighted by Gasteiger charge is 2.36. The molecule has 0 bridgehead atoms. The molecule has 30 heavy (non-hydrogen) atoms. The molecule has 0 aliphatic carbocycles. The summed E-state index contributed by atoms with van der Waals surface area (Å²) >= 11 is 12.4. The quantitative estimate of drug-likeness (QED) is 0.638. The average molecular weight is 456 g/mol. The molecule has 1 aromatic carbocycles. The number of esters is 1. The van der Waals surface area contributed by atoms with Crippen molar-refractivity contribution in [3.63, 3.8) is 0 Å². The van der Waals surface area contributed by atoms with Gasteiger partial charge < -0.3 is 18.9 Å². The molecule has 11 heteroatoms. The Kier molecular flexibility index (Phi) is 6.96. The molecule has 3 rings (SSSR count). The smallest absolute Gasteiger partial charge is 0.345 e. The lowest BCUT2D eigenvalue weighted by Crippen LogP contribution is -2.31. The zero-order chi connectivity index (χ0) is 21.8. The van der Waals surface area contributed by atoms with Crippen LogP contribution in [-0.4, -0.2) is 61.8 Å². The number of nitrogens with one attached hydrogen (secondary N) is 1. The van der Waals surface area contributed by atoms with E-state index in [1.807, 2.05) is 0 Å². The first-order valence-corrected chi connectivity index (χ1v) is 9.72. The summed E-state index contributed by atoms with van der Waals surface area (Å²) in [5.41, 5.74) is 0.186. The molecule has 0 spiro atoms. The van der Waals surface area contributed by atoms with Crippen LogP contribution in [0.3, 0.4) is 0 Å². The van der Waals surface area contributed by atoms with E-state index in [4.69, 9.17) is 37.2 Å². The molecular weight excluding hydrogens is 437 g/mol.